The molecule has 5 nitrogen and oxygen atoms in total. The normalized spacial score (nSPS) is 19.6. The average Bonchev–Trinajstić information content (AvgIpc) is 2.66. The van der Waals surface area contributed by atoms with E-state index in [2.05, 4.69) is 5.32 Å². The van der Waals surface area contributed by atoms with Crippen molar-refractivity contribution in [2.24, 2.45) is 5.73 Å². The summed E-state index contributed by atoms with van der Waals surface area (Å²) in [5.41, 5.74) is 6.47. The lowest BCUT2D eigenvalue weighted by molar-refractivity contribution is 0.0923. The maximum absolute atomic E-state index is 12.8. The Morgan fingerprint density at radius 3 is 2.31 bits per heavy atom. The molecule has 1 fully saturated rings. The molecule has 0 radical (unpaired) electrons. The second-order valence-corrected chi connectivity index (χ2v) is 6.56. The minimum atomic E-state index is -0.116. The van der Waals surface area contributed by atoms with E-state index in [0.717, 1.165) is 25.7 Å². The third kappa shape index (κ3) is 4.55. The minimum Gasteiger partial charge on any atom is -0.490 e. The Bertz CT molecular complexity index is 740. The van der Waals surface area contributed by atoms with E-state index in [4.69, 9.17) is 15.2 Å². The summed E-state index contributed by atoms with van der Waals surface area (Å²) in [6, 6.07) is 15.2. The van der Waals surface area contributed by atoms with Crippen LogP contribution < -0.4 is 20.5 Å². The van der Waals surface area contributed by atoms with Crippen LogP contribution in [0.25, 0.3) is 0 Å². The van der Waals surface area contributed by atoms with Crippen LogP contribution >= 0.6 is 0 Å². The van der Waals surface area contributed by atoms with Gasteiger partial charge >= 0.3 is 0 Å². The van der Waals surface area contributed by atoms with E-state index in [0.29, 0.717) is 29.4 Å². The minimum absolute atomic E-state index is 0.116. The van der Waals surface area contributed by atoms with Crippen molar-refractivity contribution in [3.63, 3.8) is 0 Å². The van der Waals surface area contributed by atoms with Gasteiger partial charge in [0.1, 0.15) is 5.75 Å². The molecule has 0 aromatic heterocycles. The molecule has 0 aliphatic heterocycles. The molecular weight excluding hydrogens is 328 g/mol. The van der Waals surface area contributed by atoms with Crippen molar-refractivity contribution in [3.8, 4) is 17.2 Å². The van der Waals surface area contributed by atoms with E-state index in [1.165, 1.54) is 0 Å². The number of carbonyl (C=O) groups excluding carboxylic acids is 1. The van der Waals surface area contributed by atoms with Crippen LogP contribution in [-0.4, -0.2) is 24.6 Å². The predicted molar refractivity (Wildman–Crippen MR) is 102 cm³/mol. The van der Waals surface area contributed by atoms with Crippen molar-refractivity contribution >= 4 is 5.91 Å². The summed E-state index contributed by atoms with van der Waals surface area (Å²) >= 11 is 0. The lowest BCUT2D eigenvalue weighted by Crippen LogP contribution is -2.40. The van der Waals surface area contributed by atoms with Crippen LogP contribution in [0.3, 0.4) is 0 Å². The van der Waals surface area contributed by atoms with Gasteiger partial charge < -0.3 is 20.5 Å². The van der Waals surface area contributed by atoms with Gasteiger partial charge in [0.05, 0.1) is 12.2 Å². The van der Waals surface area contributed by atoms with Gasteiger partial charge in [0.2, 0.25) is 0 Å². The zero-order valence-electron chi connectivity index (χ0n) is 15.1. The van der Waals surface area contributed by atoms with Crippen molar-refractivity contribution in [2.45, 2.75) is 44.7 Å². The molecule has 138 valence electrons. The zero-order valence-corrected chi connectivity index (χ0v) is 15.1. The first-order valence-electron chi connectivity index (χ1n) is 9.22. The lowest BCUT2D eigenvalue weighted by atomic mass is 9.91. The fourth-order valence-electron chi connectivity index (χ4n) is 3.20. The van der Waals surface area contributed by atoms with Crippen LogP contribution in [0.1, 0.15) is 43.0 Å². The Morgan fingerprint density at radius 1 is 1.00 bits per heavy atom. The third-order valence-electron chi connectivity index (χ3n) is 4.61. The number of nitrogens with two attached hydrogens (primary N) is 1. The molecule has 0 unspecified atom stereocenters. The van der Waals surface area contributed by atoms with Gasteiger partial charge in [-0.15, -0.1) is 0 Å². The summed E-state index contributed by atoms with van der Waals surface area (Å²) < 4.78 is 11.6. The summed E-state index contributed by atoms with van der Waals surface area (Å²) in [5.74, 6) is 1.66. The van der Waals surface area contributed by atoms with Gasteiger partial charge in [-0.1, -0.05) is 24.3 Å². The molecule has 5 heteroatoms. The van der Waals surface area contributed by atoms with Gasteiger partial charge in [0.15, 0.2) is 11.5 Å². The first-order valence-corrected chi connectivity index (χ1v) is 9.22. The highest BCUT2D eigenvalue weighted by atomic mass is 16.5. The molecule has 2 aromatic carbocycles. The van der Waals surface area contributed by atoms with Gasteiger partial charge in [-0.25, -0.2) is 0 Å². The Kier molecular flexibility index (Phi) is 6.12. The maximum atomic E-state index is 12.8. The molecule has 0 heterocycles. The van der Waals surface area contributed by atoms with Crippen molar-refractivity contribution in [2.75, 3.05) is 6.61 Å². The van der Waals surface area contributed by atoms with Gasteiger partial charge in [-0.3, -0.25) is 4.79 Å². The SMILES string of the molecule is CCOc1ccccc1Oc1ccccc1C(=O)NC1CCC(N)CC1. The molecule has 0 atom stereocenters. The fraction of sp³-hybridized carbons (Fsp3) is 0.381. The molecule has 1 amide bonds. The second-order valence-electron chi connectivity index (χ2n) is 6.56. The molecule has 1 aliphatic rings. The standard InChI is InChI=1S/C21H26N2O3/c1-2-25-19-9-5-6-10-20(19)26-18-8-4-3-7-17(18)21(24)23-16-13-11-15(22)12-14-16/h3-10,15-16H,2,11-14,22H2,1H3,(H,23,24). The van der Waals surface area contributed by atoms with Gasteiger partial charge in [-0.2, -0.15) is 0 Å². The highest BCUT2D eigenvalue weighted by molar-refractivity contribution is 5.97. The number of para-hydroxylation sites is 3. The summed E-state index contributed by atoms with van der Waals surface area (Å²) in [5, 5.41) is 3.12. The molecular formula is C21H26N2O3. The Morgan fingerprint density at radius 2 is 1.62 bits per heavy atom. The molecule has 3 rings (SSSR count). The first-order chi connectivity index (χ1) is 12.7. The molecule has 0 spiro atoms. The van der Waals surface area contributed by atoms with Gasteiger partial charge in [-0.05, 0) is 56.9 Å². The molecule has 0 bridgehead atoms. The zero-order chi connectivity index (χ0) is 18.4. The van der Waals surface area contributed by atoms with E-state index in [1.54, 1.807) is 12.1 Å². The van der Waals surface area contributed by atoms with Crippen LogP contribution in [-0.2, 0) is 0 Å². The van der Waals surface area contributed by atoms with E-state index < -0.39 is 0 Å². The molecule has 1 aliphatic carbocycles. The maximum Gasteiger partial charge on any atom is 0.255 e. The summed E-state index contributed by atoms with van der Waals surface area (Å²) in [7, 11) is 0. The van der Waals surface area contributed by atoms with Crippen molar-refractivity contribution < 1.29 is 14.3 Å². The molecule has 3 N–H and O–H groups in total. The van der Waals surface area contributed by atoms with Crippen molar-refractivity contribution in [1.29, 1.82) is 0 Å². The third-order valence-corrected chi connectivity index (χ3v) is 4.61. The Hall–Kier alpha value is -2.53. The molecule has 1 saturated carbocycles. The average molecular weight is 354 g/mol. The van der Waals surface area contributed by atoms with Crippen LogP contribution in [0.2, 0.25) is 0 Å². The molecule has 0 saturated heterocycles. The number of rotatable bonds is 6. The van der Waals surface area contributed by atoms with Crippen molar-refractivity contribution in [3.05, 3.63) is 54.1 Å². The first kappa shape index (κ1) is 18.3. The number of amides is 1. The van der Waals surface area contributed by atoms with Crippen LogP contribution in [0.5, 0.6) is 17.2 Å². The number of benzene rings is 2. The fourth-order valence-corrected chi connectivity index (χ4v) is 3.20. The van der Waals surface area contributed by atoms with E-state index >= 15 is 0 Å². The van der Waals surface area contributed by atoms with E-state index in [1.807, 2.05) is 43.3 Å². The van der Waals surface area contributed by atoms with E-state index in [9.17, 15) is 4.79 Å². The summed E-state index contributed by atoms with van der Waals surface area (Å²) in [6.07, 6.45) is 3.74. The number of hydrogen-bond donors (Lipinski definition) is 2. The highest BCUT2D eigenvalue weighted by Gasteiger charge is 2.22. The number of hydrogen-bond acceptors (Lipinski definition) is 4. The smallest absolute Gasteiger partial charge is 0.255 e. The number of nitrogens with one attached hydrogen (secondary N) is 1. The molecule has 2 aromatic rings. The monoisotopic (exact) mass is 354 g/mol. The van der Waals surface area contributed by atoms with Gasteiger partial charge in [0, 0.05) is 12.1 Å². The topological polar surface area (TPSA) is 73.6 Å². The summed E-state index contributed by atoms with van der Waals surface area (Å²) in [4.78, 5) is 12.8. The molecule has 26 heavy (non-hydrogen) atoms. The number of ether oxygens (including phenoxy) is 2. The summed E-state index contributed by atoms with van der Waals surface area (Å²) in [6.45, 7) is 2.47. The van der Waals surface area contributed by atoms with Crippen LogP contribution in [0, 0.1) is 0 Å². The van der Waals surface area contributed by atoms with Crippen LogP contribution in [0.4, 0.5) is 0 Å². The predicted octanol–water partition coefficient (Wildman–Crippen LogP) is 3.88. The highest BCUT2D eigenvalue weighted by Crippen LogP contribution is 2.33. The quantitative estimate of drug-likeness (QED) is 0.826. The van der Waals surface area contributed by atoms with E-state index in [-0.39, 0.29) is 18.0 Å². The largest absolute Gasteiger partial charge is 0.490 e. The Balaban J connectivity index is 1.75. The van der Waals surface area contributed by atoms with Gasteiger partial charge in [0.25, 0.3) is 5.91 Å². The van der Waals surface area contributed by atoms with Crippen LogP contribution in [0.15, 0.2) is 48.5 Å². The van der Waals surface area contributed by atoms with Crippen molar-refractivity contribution in [1.82, 2.24) is 5.32 Å². The number of carbonyl (C=O) groups is 1. The second kappa shape index (κ2) is 8.72. The Labute approximate surface area is 154 Å². The lowest BCUT2D eigenvalue weighted by Gasteiger charge is -2.27.